The predicted molar refractivity (Wildman–Crippen MR) is 58.7 cm³/mol. The summed E-state index contributed by atoms with van der Waals surface area (Å²) in [6, 6.07) is 1.94. The molecule has 0 aromatic carbocycles. The van der Waals surface area contributed by atoms with Crippen LogP contribution in [0.5, 0.6) is 0 Å². The first-order valence-electron chi connectivity index (χ1n) is 5.46. The number of hydrogen-bond acceptors (Lipinski definition) is 3. The second-order valence-electron chi connectivity index (χ2n) is 4.13. The molecule has 0 saturated carbocycles. The minimum atomic E-state index is -0.962. The van der Waals surface area contributed by atoms with Gasteiger partial charge in [0, 0.05) is 19.4 Å². The van der Waals surface area contributed by atoms with Crippen molar-refractivity contribution in [3.05, 3.63) is 29.1 Å². The Bertz CT molecular complexity index is 397. The van der Waals surface area contributed by atoms with E-state index in [0.717, 1.165) is 37.2 Å². The average Bonchev–Trinajstić information content (AvgIpc) is 2.29. The summed E-state index contributed by atoms with van der Waals surface area (Å²) in [7, 11) is 0. The van der Waals surface area contributed by atoms with Crippen LogP contribution in [0.15, 0.2) is 12.3 Å². The molecular formula is C12H15NO3. The second-order valence-corrected chi connectivity index (χ2v) is 4.13. The zero-order valence-electron chi connectivity index (χ0n) is 9.27. The fourth-order valence-electron chi connectivity index (χ4n) is 2.07. The second kappa shape index (κ2) is 4.61. The smallest absolute Gasteiger partial charge is 0.354 e. The Morgan fingerprint density at radius 1 is 1.50 bits per heavy atom. The van der Waals surface area contributed by atoms with Crippen LogP contribution in [0.4, 0.5) is 0 Å². The van der Waals surface area contributed by atoms with Crippen molar-refractivity contribution >= 4 is 5.97 Å². The zero-order valence-corrected chi connectivity index (χ0v) is 9.27. The molecule has 1 saturated heterocycles. The molecule has 0 spiro atoms. The third kappa shape index (κ3) is 2.22. The van der Waals surface area contributed by atoms with E-state index in [4.69, 9.17) is 9.84 Å². The molecule has 1 fully saturated rings. The number of carbonyl (C=O) groups is 1. The number of aromatic carboxylic acids is 1. The molecule has 4 nitrogen and oxygen atoms in total. The summed E-state index contributed by atoms with van der Waals surface area (Å²) in [5.74, 6) is -0.501. The van der Waals surface area contributed by atoms with Crippen LogP contribution in [-0.2, 0) is 4.74 Å². The van der Waals surface area contributed by atoms with Gasteiger partial charge in [-0.15, -0.1) is 0 Å². The van der Waals surface area contributed by atoms with E-state index in [0.29, 0.717) is 5.92 Å². The first kappa shape index (κ1) is 11.1. The first-order chi connectivity index (χ1) is 7.68. The molecule has 1 N–H and O–H groups in total. The van der Waals surface area contributed by atoms with Gasteiger partial charge in [0.1, 0.15) is 0 Å². The highest BCUT2D eigenvalue weighted by atomic mass is 16.5. The molecule has 4 heteroatoms. The molecule has 1 aromatic heterocycles. The highest BCUT2D eigenvalue weighted by Gasteiger charge is 2.18. The molecular weight excluding hydrogens is 206 g/mol. The van der Waals surface area contributed by atoms with Crippen LogP contribution in [0.3, 0.4) is 0 Å². The van der Waals surface area contributed by atoms with Crippen LogP contribution in [0.2, 0.25) is 0 Å². The van der Waals surface area contributed by atoms with Gasteiger partial charge in [-0.1, -0.05) is 6.07 Å². The SMILES string of the molecule is Cc1cc(C2CCOCC2)cnc1C(=O)O. The van der Waals surface area contributed by atoms with E-state index in [2.05, 4.69) is 4.98 Å². The van der Waals surface area contributed by atoms with Crippen LogP contribution in [-0.4, -0.2) is 29.3 Å². The van der Waals surface area contributed by atoms with E-state index in [9.17, 15) is 4.79 Å². The Hall–Kier alpha value is -1.42. The number of pyridine rings is 1. The van der Waals surface area contributed by atoms with Crippen molar-refractivity contribution in [3.63, 3.8) is 0 Å². The Kier molecular flexibility index (Phi) is 3.19. The summed E-state index contributed by atoms with van der Waals surface area (Å²) >= 11 is 0. The molecule has 0 unspecified atom stereocenters. The largest absolute Gasteiger partial charge is 0.477 e. The molecule has 2 heterocycles. The van der Waals surface area contributed by atoms with Gasteiger partial charge in [0.15, 0.2) is 5.69 Å². The van der Waals surface area contributed by atoms with Gasteiger partial charge >= 0.3 is 5.97 Å². The molecule has 0 aliphatic carbocycles. The quantitative estimate of drug-likeness (QED) is 0.829. The van der Waals surface area contributed by atoms with Crippen molar-refractivity contribution < 1.29 is 14.6 Å². The van der Waals surface area contributed by atoms with E-state index in [1.165, 1.54) is 0 Å². The van der Waals surface area contributed by atoms with Crippen LogP contribution in [0.1, 0.15) is 40.4 Å². The number of hydrogen-bond donors (Lipinski definition) is 1. The van der Waals surface area contributed by atoms with Gasteiger partial charge in [-0.25, -0.2) is 9.78 Å². The maximum absolute atomic E-state index is 10.8. The standard InChI is InChI=1S/C12H15NO3/c1-8-6-10(7-13-11(8)12(14)15)9-2-4-16-5-3-9/h6-7,9H,2-5H2,1H3,(H,14,15). The average molecular weight is 221 g/mol. The summed E-state index contributed by atoms with van der Waals surface area (Å²) in [6.45, 7) is 3.36. The monoisotopic (exact) mass is 221 g/mol. The summed E-state index contributed by atoms with van der Waals surface area (Å²) in [4.78, 5) is 14.8. The maximum Gasteiger partial charge on any atom is 0.354 e. The van der Waals surface area contributed by atoms with Gasteiger partial charge < -0.3 is 9.84 Å². The molecule has 16 heavy (non-hydrogen) atoms. The number of aryl methyl sites for hydroxylation is 1. The molecule has 0 bridgehead atoms. The van der Waals surface area contributed by atoms with Gasteiger partial charge in [0.05, 0.1) is 0 Å². The number of nitrogens with zero attached hydrogens (tertiary/aromatic N) is 1. The highest BCUT2D eigenvalue weighted by Crippen LogP contribution is 2.27. The molecule has 0 radical (unpaired) electrons. The van der Waals surface area contributed by atoms with Crippen LogP contribution < -0.4 is 0 Å². The van der Waals surface area contributed by atoms with E-state index in [1.807, 2.05) is 6.07 Å². The number of ether oxygens (including phenoxy) is 1. The predicted octanol–water partition coefficient (Wildman–Crippen LogP) is 1.98. The van der Waals surface area contributed by atoms with Gasteiger partial charge in [-0.2, -0.15) is 0 Å². The lowest BCUT2D eigenvalue weighted by atomic mass is 9.92. The molecule has 1 aromatic rings. The summed E-state index contributed by atoms with van der Waals surface area (Å²) in [5.41, 5.74) is 2.01. The summed E-state index contributed by atoms with van der Waals surface area (Å²) in [6.07, 6.45) is 3.67. The van der Waals surface area contributed by atoms with Crippen molar-refractivity contribution in [2.24, 2.45) is 0 Å². The molecule has 1 aliphatic heterocycles. The molecule has 0 amide bonds. The van der Waals surface area contributed by atoms with Gasteiger partial charge in [-0.05, 0) is 36.8 Å². The van der Waals surface area contributed by atoms with E-state index < -0.39 is 5.97 Å². The fraction of sp³-hybridized carbons (Fsp3) is 0.500. The normalized spacial score (nSPS) is 17.3. The molecule has 0 atom stereocenters. The third-order valence-corrected chi connectivity index (χ3v) is 2.99. The van der Waals surface area contributed by atoms with Crippen molar-refractivity contribution in [2.75, 3.05) is 13.2 Å². The zero-order chi connectivity index (χ0) is 11.5. The van der Waals surface area contributed by atoms with Crippen LogP contribution >= 0.6 is 0 Å². The number of aromatic nitrogens is 1. The Morgan fingerprint density at radius 2 is 2.19 bits per heavy atom. The highest BCUT2D eigenvalue weighted by molar-refractivity contribution is 5.86. The minimum Gasteiger partial charge on any atom is -0.477 e. The Balaban J connectivity index is 2.23. The van der Waals surface area contributed by atoms with Gasteiger partial charge in [-0.3, -0.25) is 0 Å². The van der Waals surface area contributed by atoms with Gasteiger partial charge in [0.2, 0.25) is 0 Å². The van der Waals surface area contributed by atoms with Gasteiger partial charge in [0.25, 0.3) is 0 Å². The minimum absolute atomic E-state index is 0.149. The Labute approximate surface area is 94.3 Å². The van der Waals surface area contributed by atoms with E-state index in [-0.39, 0.29) is 5.69 Å². The Morgan fingerprint density at radius 3 is 2.75 bits per heavy atom. The lowest BCUT2D eigenvalue weighted by molar-refractivity contribution is 0.0689. The number of rotatable bonds is 2. The first-order valence-corrected chi connectivity index (χ1v) is 5.46. The molecule has 2 rings (SSSR count). The lowest BCUT2D eigenvalue weighted by Gasteiger charge is -2.22. The summed E-state index contributed by atoms with van der Waals surface area (Å²) in [5, 5.41) is 8.88. The van der Waals surface area contributed by atoms with Crippen LogP contribution in [0, 0.1) is 6.92 Å². The fourth-order valence-corrected chi connectivity index (χ4v) is 2.07. The topological polar surface area (TPSA) is 59.4 Å². The van der Waals surface area contributed by atoms with Crippen molar-refractivity contribution in [1.82, 2.24) is 4.98 Å². The number of carboxylic acid groups (broad SMARTS) is 1. The van der Waals surface area contributed by atoms with Crippen LogP contribution in [0.25, 0.3) is 0 Å². The van der Waals surface area contributed by atoms with Crippen molar-refractivity contribution in [2.45, 2.75) is 25.7 Å². The lowest BCUT2D eigenvalue weighted by Crippen LogP contribution is -2.15. The van der Waals surface area contributed by atoms with E-state index in [1.54, 1.807) is 13.1 Å². The molecule has 1 aliphatic rings. The van der Waals surface area contributed by atoms with E-state index >= 15 is 0 Å². The third-order valence-electron chi connectivity index (χ3n) is 2.99. The van der Waals surface area contributed by atoms with Crippen molar-refractivity contribution in [1.29, 1.82) is 0 Å². The number of carboxylic acids is 1. The molecule has 86 valence electrons. The maximum atomic E-state index is 10.8. The van der Waals surface area contributed by atoms with Crippen molar-refractivity contribution in [3.8, 4) is 0 Å². The summed E-state index contributed by atoms with van der Waals surface area (Å²) < 4.78 is 5.30.